The molecule has 1 aliphatic rings. The number of rotatable bonds is 5. The number of aromatic amines is 1. The van der Waals surface area contributed by atoms with E-state index in [1.807, 2.05) is 0 Å². The molecule has 1 aromatic carbocycles. The third kappa shape index (κ3) is 3.81. The Kier molecular flexibility index (Phi) is 5.55. The van der Waals surface area contributed by atoms with Crippen LogP contribution in [0.3, 0.4) is 0 Å². The number of halogens is 3. The van der Waals surface area contributed by atoms with Crippen molar-refractivity contribution in [2.45, 2.75) is 13.0 Å². The number of nitriles is 1. The molecule has 0 radical (unpaired) electrons. The Labute approximate surface area is 202 Å². The minimum Gasteiger partial charge on any atom is -0.483 e. The minimum atomic E-state index is -0.657. The molecule has 170 valence electrons. The Morgan fingerprint density at radius 3 is 2.62 bits per heavy atom. The molecular formula is C23H15Cl2FN6O2. The molecule has 1 aliphatic heterocycles. The van der Waals surface area contributed by atoms with Gasteiger partial charge in [0, 0.05) is 41.2 Å². The summed E-state index contributed by atoms with van der Waals surface area (Å²) in [6.45, 7) is 2.17. The highest BCUT2D eigenvalue weighted by atomic mass is 35.5. The van der Waals surface area contributed by atoms with Crippen LogP contribution in [0.4, 0.5) is 10.2 Å². The third-order valence-electron chi connectivity index (χ3n) is 5.51. The van der Waals surface area contributed by atoms with E-state index in [9.17, 15) is 14.4 Å². The van der Waals surface area contributed by atoms with Crippen molar-refractivity contribution >= 4 is 45.7 Å². The number of pyridine rings is 2. The van der Waals surface area contributed by atoms with Crippen LogP contribution in [0.25, 0.3) is 22.2 Å². The smallest absolute Gasteiger partial charge is 0.171 e. The summed E-state index contributed by atoms with van der Waals surface area (Å²) in [5, 5.41) is 17.9. The number of H-pyrrole nitrogens is 1. The van der Waals surface area contributed by atoms with E-state index in [1.165, 1.54) is 24.5 Å². The molecule has 4 heterocycles. The van der Waals surface area contributed by atoms with Crippen molar-refractivity contribution in [1.29, 1.82) is 5.26 Å². The normalized spacial score (nSPS) is 14.1. The molecule has 5 rings (SSSR count). The van der Waals surface area contributed by atoms with Crippen LogP contribution in [0.5, 0.6) is 5.75 Å². The van der Waals surface area contributed by atoms with Gasteiger partial charge in [0.15, 0.2) is 17.3 Å². The lowest BCUT2D eigenvalue weighted by molar-refractivity contribution is -0.119. The molecule has 34 heavy (non-hydrogen) atoms. The molecule has 0 aliphatic carbocycles. The van der Waals surface area contributed by atoms with Gasteiger partial charge in [0.05, 0.1) is 34.2 Å². The van der Waals surface area contributed by atoms with E-state index < -0.39 is 11.9 Å². The van der Waals surface area contributed by atoms with E-state index in [2.05, 4.69) is 26.2 Å². The van der Waals surface area contributed by atoms with Crippen molar-refractivity contribution in [3.05, 3.63) is 63.8 Å². The van der Waals surface area contributed by atoms with Crippen LogP contribution in [0.15, 0.2) is 36.8 Å². The van der Waals surface area contributed by atoms with Crippen molar-refractivity contribution in [3.63, 3.8) is 0 Å². The van der Waals surface area contributed by atoms with Crippen molar-refractivity contribution < 1.29 is 13.9 Å². The number of carbonyl (C=O) groups is 1. The van der Waals surface area contributed by atoms with Crippen LogP contribution in [0.2, 0.25) is 10.0 Å². The van der Waals surface area contributed by atoms with Gasteiger partial charge in [0.25, 0.3) is 0 Å². The number of Topliss-reactive ketones (excluding diaryl/α,β-unsaturated/α-hetero) is 1. The van der Waals surface area contributed by atoms with Crippen LogP contribution in [0.1, 0.15) is 24.2 Å². The van der Waals surface area contributed by atoms with E-state index >= 15 is 0 Å². The standard InChI is InChI=1S/C23H15Cl2FN6O2/c1-11(21-16(24)7-28-8-17(21)25)34-20-3-15-19(4-18(20)26)30-31-22(15)13-2-12(5-27)23(29-6-13)32-9-14(33)10-32/h2-4,6-8,11H,9-10H2,1H3,(H,30,31)/t11-/m1/s1. The number of fused-ring (bicyclic) bond motifs is 1. The average Bonchev–Trinajstić information content (AvgIpc) is 3.19. The van der Waals surface area contributed by atoms with Gasteiger partial charge in [-0.3, -0.25) is 14.9 Å². The number of nitrogens with one attached hydrogen (secondary N) is 1. The maximum atomic E-state index is 14.8. The lowest BCUT2D eigenvalue weighted by Gasteiger charge is -2.30. The Morgan fingerprint density at radius 2 is 1.94 bits per heavy atom. The highest BCUT2D eigenvalue weighted by Gasteiger charge is 2.27. The zero-order valence-electron chi connectivity index (χ0n) is 17.6. The molecule has 0 bridgehead atoms. The molecule has 1 N–H and O–H groups in total. The lowest BCUT2D eigenvalue weighted by Crippen LogP contribution is -2.48. The van der Waals surface area contributed by atoms with Crippen molar-refractivity contribution in [3.8, 4) is 23.1 Å². The van der Waals surface area contributed by atoms with Gasteiger partial charge in [-0.05, 0) is 19.1 Å². The molecule has 1 atom stereocenters. The fraction of sp³-hybridized carbons (Fsp3) is 0.174. The van der Waals surface area contributed by atoms with Gasteiger partial charge in [0.2, 0.25) is 0 Å². The Morgan fingerprint density at radius 1 is 1.21 bits per heavy atom. The summed E-state index contributed by atoms with van der Waals surface area (Å²) in [6.07, 6.45) is 3.79. The fourth-order valence-electron chi connectivity index (χ4n) is 3.84. The van der Waals surface area contributed by atoms with Gasteiger partial charge in [-0.15, -0.1) is 0 Å². The highest BCUT2D eigenvalue weighted by molar-refractivity contribution is 6.35. The Bertz CT molecular complexity index is 1470. The molecular weight excluding hydrogens is 482 g/mol. The number of benzene rings is 1. The van der Waals surface area contributed by atoms with Gasteiger partial charge in [-0.25, -0.2) is 9.37 Å². The van der Waals surface area contributed by atoms with Crippen LogP contribution in [-0.4, -0.2) is 39.0 Å². The van der Waals surface area contributed by atoms with Crippen molar-refractivity contribution in [1.82, 2.24) is 20.2 Å². The van der Waals surface area contributed by atoms with Crippen LogP contribution in [0, 0.1) is 17.1 Å². The first-order valence-electron chi connectivity index (χ1n) is 10.2. The highest BCUT2D eigenvalue weighted by Crippen LogP contribution is 2.36. The molecule has 0 amide bonds. The van der Waals surface area contributed by atoms with E-state index in [0.717, 1.165) is 0 Å². The van der Waals surface area contributed by atoms with Gasteiger partial charge in [-0.1, -0.05) is 23.2 Å². The largest absolute Gasteiger partial charge is 0.483 e. The second-order valence-corrected chi connectivity index (χ2v) is 8.59. The average molecular weight is 497 g/mol. The summed E-state index contributed by atoms with van der Waals surface area (Å²) in [5.41, 5.74) is 2.29. The van der Waals surface area contributed by atoms with E-state index in [-0.39, 0.29) is 24.6 Å². The minimum absolute atomic E-state index is 0.0178. The molecule has 0 unspecified atom stereocenters. The molecule has 4 aromatic rings. The summed E-state index contributed by atoms with van der Waals surface area (Å²) in [5.74, 6) is -0.0767. The monoisotopic (exact) mass is 496 g/mol. The van der Waals surface area contributed by atoms with Gasteiger partial charge in [-0.2, -0.15) is 10.4 Å². The summed E-state index contributed by atoms with van der Waals surface area (Å²) >= 11 is 12.4. The Hall–Kier alpha value is -3.74. The molecule has 3 aromatic heterocycles. The van der Waals surface area contributed by atoms with E-state index in [1.54, 1.807) is 24.1 Å². The molecule has 1 saturated heterocycles. The molecule has 1 fully saturated rings. The second kappa shape index (κ2) is 8.56. The zero-order chi connectivity index (χ0) is 24.0. The molecule has 11 heteroatoms. The second-order valence-electron chi connectivity index (χ2n) is 7.78. The topological polar surface area (TPSA) is 108 Å². The summed E-state index contributed by atoms with van der Waals surface area (Å²) in [6, 6.07) is 6.56. The first-order chi connectivity index (χ1) is 16.4. The van der Waals surface area contributed by atoms with Crippen molar-refractivity contribution in [2.24, 2.45) is 0 Å². The number of aromatic nitrogens is 4. The third-order valence-corrected chi connectivity index (χ3v) is 6.11. The first kappa shape index (κ1) is 22.1. The van der Waals surface area contributed by atoms with Crippen LogP contribution in [-0.2, 0) is 4.79 Å². The number of carbonyl (C=O) groups excluding carboxylic acids is 1. The Balaban J connectivity index is 1.51. The van der Waals surface area contributed by atoms with Gasteiger partial charge < -0.3 is 9.64 Å². The number of nitrogens with zero attached hydrogens (tertiary/aromatic N) is 5. The summed E-state index contributed by atoms with van der Waals surface area (Å²) in [4.78, 5) is 21.3. The van der Waals surface area contributed by atoms with E-state index in [0.29, 0.717) is 49.2 Å². The maximum absolute atomic E-state index is 14.8. The number of ether oxygens (including phenoxy) is 1. The van der Waals surface area contributed by atoms with Gasteiger partial charge in [0.1, 0.15) is 23.7 Å². The predicted molar refractivity (Wildman–Crippen MR) is 125 cm³/mol. The zero-order valence-corrected chi connectivity index (χ0v) is 19.2. The van der Waals surface area contributed by atoms with E-state index in [4.69, 9.17) is 27.9 Å². The van der Waals surface area contributed by atoms with Crippen LogP contribution >= 0.6 is 23.2 Å². The summed E-state index contributed by atoms with van der Waals surface area (Å²) < 4.78 is 20.7. The molecule has 0 saturated carbocycles. The number of ketones is 1. The quantitative estimate of drug-likeness (QED) is 0.419. The van der Waals surface area contributed by atoms with Crippen molar-refractivity contribution in [2.75, 3.05) is 18.0 Å². The SMILES string of the molecule is C[C@@H](Oc1cc2c(-c3cnc(N4CC(=O)C4)c(C#N)c3)n[nH]c2cc1F)c1c(Cl)cncc1Cl. The first-order valence-corrected chi connectivity index (χ1v) is 10.9. The molecule has 0 spiro atoms. The predicted octanol–water partition coefficient (Wildman–Crippen LogP) is 4.87. The lowest BCUT2D eigenvalue weighted by atomic mass is 10.1. The fourth-order valence-corrected chi connectivity index (χ4v) is 4.51. The number of anilines is 1. The molecule has 8 nitrogen and oxygen atoms in total. The van der Waals surface area contributed by atoms with Crippen LogP contribution < -0.4 is 9.64 Å². The summed E-state index contributed by atoms with van der Waals surface area (Å²) in [7, 11) is 0. The number of hydrogen-bond acceptors (Lipinski definition) is 7. The maximum Gasteiger partial charge on any atom is 0.171 e. The number of hydrogen-bond donors (Lipinski definition) is 1. The van der Waals surface area contributed by atoms with Gasteiger partial charge >= 0.3 is 0 Å².